The number of nitro groups is 1. The van der Waals surface area contributed by atoms with Crippen LogP contribution in [0.15, 0.2) is 30.5 Å². The third-order valence-corrected chi connectivity index (χ3v) is 3.88. The number of amides is 1. The quantitative estimate of drug-likeness (QED) is 0.527. The summed E-state index contributed by atoms with van der Waals surface area (Å²) in [6.07, 6.45) is 2.42. The SMILES string of the molecule is Cc1ccnc(C2CC2C(=O)Nc2cc([N+](=O)[O-])cc(Cl)n2)c1. The first-order chi connectivity index (χ1) is 10.9. The minimum atomic E-state index is -0.584. The number of hydrogen-bond donors (Lipinski definition) is 1. The molecule has 1 saturated carbocycles. The molecule has 2 aromatic heterocycles. The Morgan fingerprint density at radius 1 is 1.43 bits per heavy atom. The summed E-state index contributed by atoms with van der Waals surface area (Å²) in [7, 11) is 0. The molecule has 23 heavy (non-hydrogen) atoms. The molecule has 1 aliphatic rings. The summed E-state index contributed by atoms with van der Waals surface area (Å²) < 4.78 is 0. The summed E-state index contributed by atoms with van der Waals surface area (Å²) in [4.78, 5) is 30.6. The lowest BCUT2D eigenvalue weighted by Crippen LogP contribution is -2.16. The van der Waals surface area contributed by atoms with Gasteiger partial charge in [0, 0.05) is 23.7 Å². The van der Waals surface area contributed by atoms with E-state index in [4.69, 9.17) is 11.6 Å². The maximum absolute atomic E-state index is 12.2. The van der Waals surface area contributed by atoms with Gasteiger partial charge in [0.25, 0.3) is 5.69 Å². The molecule has 7 nitrogen and oxygen atoms in total. The third kappa shape index (κ3) is 3.45. The molecule has 2 heterocycles. The molecular weight excluding hydrogens is 320 g/mol. The van der Waals surface area contributed by atoms with Crippen molar-refractivity contribution >= 4 is 29.0 Å². The van der Waals surface area contributed by atoms with E-state index in [1.54, 1.807) is 6.20 Å². The van der Waals surface area contributed by atoms with Crippen LogP contribution in [0.5, 0.6) is 0 Å². The molecule has 0 aliphatic heterocycles. The highest BCUT2D eigenvalue weighted by Gasteiger charge is 2.45. The van der Waals surface area contributed by atoms with Crippen molar-refractivity contribution < 1.29 is 9.72 Å². The Morgan fingerprint density at radius 2 is 2.22 bits per heavy atom. The number of anilines is 1. The molecule has 0 saturated heterocycles. The van der Waals surface area contributed by atoms with E-state index in [0.717, 1.165) is 17.3 Å². The van der Waals surface area contributed by atoms with Gasteiger partial charge < -0.3 is 5.32 Å². The van der Waals surface area contributed by atoms with Crippen LogP contribution in [-0.2, 0) is 4.79 Å². The molecule has 0 radical (unpaired) electrons. The van der Waals surface area contributed by atoms with Crippen LogP contribution in [0.1, 0.15) is 23.6 Å². The number of hydrogen-bond acceptors (Lipinski definition) is 5. The Hall–Kier alpha value is -2.54. The summed E-state index contributed by atoms with van der Waals surface area (Å²) in [6, 6.07) is 6.18. The Balaban J connectivity index is 1.70. The van der Waals surface area contributed by atoms with E-state index in [2.05, 4.69) is 15.3 Å². The monoisotopic (exact) mass is 332 g/mol. The molecular formula is C15H13ClN4O3. The molecule has 1 N–H and O–H groups in total. The maximum Gasteiger partial charge on any atom is 0.276 e. The fraction of sp³-hybridized carbons (Fsp3) is 0.267. The number of aryl methyl sites for hydroxylation is 1. The fourth-order valence-corrected chi connectivity index (χ4v) is 2.65. The topological polar surface area (TPSA) is 98.0 Å². The second kappa shape index (κ2) is 5.92. The number of pyridine rings is 2. The minimum Gasteiger partial charge on any atom is -0.310 e. The van der Waals surface area contributed by atoms with Gasteiger partial charge in [-0.05, 0) is 31.0 Å². The second-order valence-electron chi connectivity index (χ2n) is 5.49. The van der Waals surface area contributed by atoms with Crippen LogP contribution < -0.4 is 5.32 Å². The van der Waals surface area contributed by atoms with Crippen LogP contribution in [0.2, 0.25) is 5.15 Å². The van der Waals surface area contributed by atoms with Gasteiger partial charge in [-0.2, -0.15) is 0 Å². The van der Waals surface area contributed by atoms with E-state index in [0.29, 0.717) is 6.42 Å². The van der Waals surface area contributed by atoms with Crippen molar-refractivity contribution in [3.8, 4) is 0 Å². The third-order valence-electron chi connectivity index (χ3n) is 3.68. The highest BCUT2D eigenvalue weighted by molar-refractivity contribution is 6.29. The average molecular weight is 333 g/mol. The first kappa shape index (κ1) is 15.4. The molecule has 2 atom stereocenters. The fourth-order valence-electron chi connectivity index (χ4n) is 2.45. The summed E-state index contributed by atoms with van der Waals surface area (Å²) in [5, 5.41) is 13.4. The van der Waals surface area contributed by atoms with E-state index in [1.165, 1.54) is 6.07 Å². The van der Waals surface area contributed by atoms with E-state index in [-0.39, 0.29) is 34.4 Å². The normalized spacial score (nSPS) is 19.2. The van der Waals surface area contributed by atoms with Gasteiger partial charge in [0.2, 0.25) is 5.91 Å². The molecule has 118 valence electrons. The van der Waals surface area contributed by atoms with Crippen LogP contribution in [0.3, 0.4) is 0 Å². The smallest absolute Gasteiger partial charge is 0.276 e. The van der Waals surface area contributed by atoms with Crippen molar-refractivity contribution in [2.75, 3.05) is 5.32 Å². The zero-order valence-electron chi connectivity index (χ0n) is 12.2. The van der Waals surface area contributed by atoms with E-state index < -0.39 is 4.92 Å². The molecule has 8 heteroatoms. The van der Waals surface area contributed by atoms with Crippen LogP contribution in [0.4, 0.5) is 11.5 Å². The first-order valence-electron chi connectivity index (χ1n) is 6.99. The molecule has 0 bridgehead atoms. The van der Waals surface area contributed by atoms with E-state index >= 15 is 0 Å². The Labute approximate surface area is 136 Å². The molecule has 0 spiro atoms. The Kier molecular flexibility index (Phi) is 3.96. The highest BCUT2D eigenvalue weighted by Crippen LogP contribution is 2.47. The van der Waals surface area contributed by atoms with Crippen molar-refractivity contribution in [1.29, 1.82) is 0 Å². The molecule has 2 aromatic rings. The number of carbonyl (C=O) groups is 1. The van der Waals surface area contributed by atoms with Crippen molar-refractivity contribution in [2.24, 2.45) is 5.92 Å². The van der Waals surface area contributed by atoms with E-state index in [9.17, 15) is 14.9 Å². The number of nitrogens with one attached hydrogen (secondary N) is 1. The zero-order chi connectivity index (χ0) is 16.6. The second-order valence-corrected chi connectivity index (χ2v) is 5.87. The zero-order valence-corrected chi connectivity index (χ0v) is 12.9. The summed E-state index contributed by atoms with van der Waals surface area (Å²) in [6.45, 7) is 1.97. The molecule has 3 rings (SSSR count). The van der Waals surface area contributed by atoms with E-state index in [1.807, 2.05) is 19.1 Å². The van der Waals surface area contributed by atoms with Gasteiger partial charge in [-0.3, -0.25) is 19.9 Å². The van der Waals surface area contributed by atoms with Crippen LogP contribution in [0.25, 0.3) is 0 Å². The van der Waals surface area contributed by atoms with Crippen molar-refractivity contribution in [2.45, 2.75) is 19.3 Å². The summed E-state index contributed by atoms with van der Waals surface area (Å²) in [5.41, 5.74) is 1.76. The largest absolute Gasteiger partial charge is 0.310 e. The molecule has 2 unspecified atom stereocenters. The van der Waals surface area contributed by atoms with Gasteiger partial charge in [0.05, 0.1) is 17.1 Å². The number of carbonyl (C=O) groups excluding carboxylic acids is 1. The molecule has 1 fully saturated rings. The van der Waals surface area contributed by atoms with Gasteiger partial charge in [0.15, 0.2) is 0 Å². The van der Waals surface area contributed by atoms with Crippen molar-refractivity contribution in [3.63, 3.8) is 0 Å². The van der Waals surface area contributed by atoms with Gasteiger partial charge >= 0.3 is 0 Å². The van der Waals surface area contributed by atoms with Gasteiger partial charge in [-0.15, -0.1) is 0 Å². The predicted molar refractivity (Wildman–Crippen MR) is 84.4 cm³/mol. The van der Waals surface area contributed by atoms with Crippen LogP contribution in [-0.4, -0.2) is 20.8 Å². The number of nitrogens with zero attached hydrogens (tertiary/aromatic N) is 3. The van der Waals surface area contributed by atoms with Gasteiger partial charge in [-0.25, -0.2) is 4.98 Å². The summed E-state index contributed by atoms with van der Waals surface area (Å²) in [5.74, 6) is -0.285. The number of rotatable bonds is 4. The van der Waals surface area contributed by atoms with Gasteiger partial charge in [-0.1, -0.05) is 11.6 Å². The van der Waals surface area contributed by atoms with Crippen LogP contribution >= 0.6 is 11.6 Å². The predicted octanol–water partition coefficient (Wildman–Crippen LogP) is 3.09. The number of aromatic nitrogens is 2. The maximum atomic E-state index is 12.2. The van der Waals surface area contributed by atoms with Crippen LogP contribution in [0, 0.1) is 23.0 Å². The highest BCUT2D eigenvalue weighted by atomic mass is 35.5. The summed E-state index contributed by atoms with van der Waals surface area (Å²) >= 11 is 5.74. The Bertz CT molecular complexity index is 796. The lowest BCUT2D eigenvalue weighted by molar-refractivity contribution is -0.384. The lowest BCUT2D eigenvalue weighted by Gasteiger charge is -2.05. The van der Waals surface area contributed by atoms with Crippen molar-refractivity contribution in [3.05, 3.63) is 57.0 Å². The first-order valence-corrected chi connectivity index (χ1v) is 7.37. The number of halogens is 1. The Morgan fingerprint density at radius 3 is 2.91 bits per heavy atom. The van der Waals surface area contributed by atoms with Crippen molar-refractivity contribution in [1.82, 2.24) is 9.97 Å². The molecule has 0 aromatic carbocycles. The molecule has 1 amide bonds. The average Bonchev–Trinajstić information content (AvgIpc) is 3.27. The molecule has 1 aliphatic carbocycles. The standard InChI is InChI=1S/C15H13ClN4O3/c1-8-2-3-17-12(4-8)10-7-11(10)15(21)19-14-6-9(20(22)23)5-13(16)18-14/h2-6,10-11H,7H2,1H3,(H,18,19,21). The minimum absolute atomic E-state index is 0.0396. The van der Waals surface area contributed by atoms with Gasteiger partial charge in [0.1, 0.15) is 11.0 Å². The lowest BCUT2D eigenvalue weighted by atomic mass is 10.1.